The first kappa shape index (κ1) is 17.1. The number of thioether (sulfide) groups is 1. The van der Waals surface area contributed by atoms with Gasteiger partial charge in [-0.2, -0.15) is 0 Å². The van der Waals surface area contributed by atoms with Crippen LogP contribution in [0.3, 0.4) is 0 Å². The van der Waals surface area contributed by atoms with Crippen LogP contribution in [-0.2, 0) is 11.3 Å². The van der Waals surface area contributed by atoms with Crippen LogP contribution in [0.15, 0.2) is 53.4 Å². The first-order valence-corrected chi connectivity index (χ1v) is 8.44. The van der Waals surface area contributed by atoms with Crippen LogP contribution in [0.4, 0.5) is 5.69 Å². The monoisotopic (exact) mass is 328 g/mol. The number of hydrogen-bond donors (Lipinski definition) is 2. The Morgan fingerprint density at radius 1 is 1.09 bits per heavy atom. The van der Waals surface area contributed by atoms with Crippen molar-refractivity contribution in [1.82, 2.24) is 5.32 Å². The molecule has 2 amide bonds. The first-order valence-electron chi connectivity index (χ1n) is 7.46. The summed E-state index contributed by atoms with van der Waals surface area (Å²) in [5.74, 6) is 0.720. The molecule has 0 aromatic heterocycles. The van der Waals surface area contributed by atoms with E-state index in [1.807, 2.05) is 12.1 Å². The quantitative estimate of drug-likeness (QED) is 0.795. The lowest BCUT2D eigenvalue weighted by molar-refractivity contribution is -0.114. The number of rotatable bonds is 6. The molecular formula is C18H20N2O2S. The second-order valence-electron chi connectivity index (χ2n) is 5.02. The third-order valence-electron chi connectivity index (χ3n) is 3.13. The van der Waals surface area contributed by atoms with E-state index in [0.717, 1.165) is 11.3 Å². The number of hydrogen-bond acceptors (Lipinski definition) is 3. The lowest BCUT2D eigenvalue weighted by Gasteiger charge is -2.08. The smallest absolute Gasteiger partial charge is 0.251 e. The Morgan fingerprint density at radius 3 is 2.48 bits per heavy atom. The molecule has 0 fully saturated rings. The van der Waals surface area contributed by atoms with Crippen LogP contribution in [0.5, 0.6) is 0 Å². The number of anilines is 1. The van der Waals surface area contributed by atoms with Crippen molar-refractivity contribution in [3.05, 3.63) is 59.7 Å². The SMILES string of the molecule is CCSc1ccc(CNC(=O)c2cccc(NC(C)=O)c2)cc1. The van der Waals surface area contributed by atoms with Crippen LogP contribution in [0.1, 0.15) is 29.8 Å². The largest absolute Gasteiger partial charge is 0.348 e. The van der Waals surface area contributed by atoms with E-state index in [9.17, 15) is 9.59 Å². The zero-order valence-electron chi connectivity index (χ0n) is 13.3. The molecule has 0 heterocycles. The van der Waals surface area contributed by atoms with Crippen molar-refractivity contribution in [2.24, 2.45) is 0 Å². The lowest BCUT2D eigenvalue weighted by Crippen LogP contribution is -2.22. The maximum absolute atomic E-state index is 12.2. The molecule has 0 saturated heterocycles. The van der Waals surface area contributed by atoms with Crippen LogP contribution >= 0.6 is 11.8 Å². The molecule has 2 rings (SSSR count). The average Bonchev–Trinajstić information content (AvgIpc) is 2.54. The van der Waals surface area contributed by atoms with Gasteiger partial charge in [-0.1, -0.05) is 25.1 Å². The summed E-state index contributed by atoms with van der Waals surface area (Å²) < 4.78 is 0. The molecule has 4 nitrogen and oxygen atoms in total. The Hall–Kier alpha value is -2.27. The number of carbonyl (C=O) groups excluding carboxylic acids is 2. The van der Waals surface area contributed by atoms with Gasteiger partial charge in [-0.3, -0.25) is 9.59 Å². The normalized spacial score (nSPS) is 10.2. The molecule has 0 bridgehead atoms. The van der Waals surface area contributed by atoms with Crippen LogP contribution < -0.4 is 10.6 Å². The van der Waals surface area contributed by atoms with Crippen LogP contribution in [0.25, 0.3) is 0 Å². The van der Waals surface area contributed by atoms with Crippen LogP contribution in [0, 0.1) is 0 Å². The second kappa shape index (κ2) is 8.39. The van der Waals surface area contributed by atoms with Gasteiger partial charge in [0, 0.05) is 29.6 Å². The fourth-order valence-corrected chi connectivity index (χ4v) is 2.76. The van der Waals surface area contributed by atoms with Crippen molar-refractivity contribution in [2.75, 3.05) is 11.1 Å². The van der Waals surface area contributed by atoms with E-state index >= 15 is 0 Å². The van der Waals surface area contributed by atoms with Gasteiger partial charge < -0.3 is 10.6 Å². The van der Waals surface area contributed by atoms with Gasteiger partial charge in [0.1, 0.15) is 0 Å². The molecule has 2 N–H and O–H groups in total. The van der Waals surface area contributed by atoms with Crippen LogP contribution in [0.2, 0.25) is 0 Å². The minimum absolute atomic E-state index is 0.160. The van der Waals surface area contributed by atoms with Gasteiger partial charge in [0.15, 0.2) is 0 Å². The molecule has 0 saturated carbocycles. The van der Waals surface area contributed by atoms with E-state index in [0.29, 0.717) is 17.8 Å². The van der Waals surface area contributed by atoms with E-state index < -0.39 is 0 Å². The minimum Gasteiger partial charge on any atom is -0.348 e. The van der Waals surface area contributed by atoms with Gasteiger partial charge in [-0.15, -0.1) is 11.8 Å². The van der Waals surface area contributed by atoms with Crippen LogP contribution in [-0.4, -0.2) is 17.6 Å². The molecule has 0 radical (unpaired) electrons. The second-order valence-corrected chi connectivity index (χ2v) is 6.36. The van der Waals surface area contributed by atoms with Crippen molar-refractivity contribution in [2.45, 2.75) is 25.3 Å². The lowest BCUT2D eigenvalue weighted by atomic mass is 10.1. The standard InChI is InChI=1S/C18H20N2O2S/c1-3-23-17-9-7-14(8-10-17)12-19-18(22)15-5-4-6-16(11-15)20-13(2)21/h4-11H,3,12H2,1-2H3,(H,19,22)(H,20,21). The van der Waals surface area contributed by atoms with E-state index in [1.54, 1.807) is 36.0 Å². The molecule has 2 aromatic rings. The molecular weight excluding hydrogens is 308 g/mol. The molecule has 2 aromatic carbocycles. The van der Waals surface area contributed by atoms with Gasteiger partial charge >= 0.3 is 0 Å². The Morgan fingerprint density at radius 2 is 1.83 bits per heavy atom. The predicted octanol–water partition coefficient (Wildman–Crippen LogP) is 3.69. The number of carbonyl (C=O) groups is 2. The van der Waals surface area contributed by atoms with Crippen molar-refractivity contribution in [3.8, 4) is 0 Å². The topological polar surface area (TPSA) is 58.2 Å². The molecule has 0 aliphatic rings. The fourth-order valence-electron chi connectivity index (χ4n) is 2.10. The number of benzene rings is 2. The van der Waals surface area contributed by atoms with E-state index in [-0.39, 0.29) is 11.8 Å². The number of nitrogens with one attached hydrogen (secondary N) is 2. The minimum atomic E-state index is -0.163. The summed E-state index contributed by atoms with van der Waals surface area (Å²) >= 11 is 1.79. The molecule has 23 heavy (non-hydrogen) atoms. The van der Waals surface area contributed by atoms with Gasteiger partial charge in [0.2, 0.25) is 5.91 Å². The van der Waals surface area contributed by atoms with Crippen molar-refractivity contribution >= 4 is 29.3 Å². The van der Waals surface area contributed by atoms with E-state index in [4.69, 9.17) is 0 Å². The summed E-state index contributed by atoms with van der Waals surface area (Å²) in [7, 11) is 0. The Bertz CT molecular complexity index is 684. The summed E-state index contributed by atoms with van der Waals surface area (Å²) in [5, 5.41) is 5.56. The van der Waals surface area contributed by atoms with Gasteiger partial charge in [-0.25, -0.2) is 0 Å². The van der Waals surface area contributed by atoms with Gasteiger partial charge in [0.25, 0.3) is 5.91 Å². The predicted molar refractivity (Wildman–Crippen MR) is 94.8 cm³/mol. The molecule has 0 atom stereocenters. The summed E-state index contributed by atoms with van der Waals surface area (Å²) in [6.45, 7) is 4.03. The Kier molecular flexibility index (Phi) is 6.23. The maximum atomic E-state index is 12.2. The summed E-state index contributed by atoms with van der Waals surface area (Å²) in [5.41, 5.74) is 2.19. The Labute approximate surface area is 140 Å². The third-order valence-corrected chi connectivity index (χ3v) is 4.03. The van der Waals surface area contributed by atoms with Crippen molar-refractivity contribution < 1.29 is 9.59 Å². The van der Waals surface area contributed by atoms with Gasteiger partial charge in [-0.05, 0) is 41.6 Å². The molecule has 0 spiro atoms. The highest BCUT2D eigenvalue weighted by Gasteiger charge is 2.06. The van der Waals surface area contributed by atoms with Gasteiger partial charge in [0.05, 0.1) is 0 Å². The summed E-state index contributed by atoms with van der Waals surface area (Å²) in [6.07, 6.45) is 0. The van der Waals surface area contributed by atoms with E-state index in [1.165, 1.54) is 11.8 Å². The molecule has 5 heteroatoms. The average molecular weight is 328 g/mol. The highest BCUT2D eigenvalue weighted by Crippen LogP contribution is 2.17. The summed E-state index contributed by atoms with van der Waals surface area (Å²) in [4.78, 5) is 24.5. The number of amides is 2. The Balaban J connectivity index is 1.95. The molecule has 120 valence electrons. The molecule has 0 aliphatic carbocycles. The fraction of sp³-hybridized carbons (Fsp3) is 0.222. The summed E-state index contributed by atoms with van der Waals surface area (Å²) in [6, 6.07) is 15.1. The van der Waals surface area contributed by atoms with Crippen molar-refractivity contribution in [1.29, 1.82) is 0 Å². The first-order chi connectivity index (χ1) is 11.1. The zero-order valence-corrected chi connectivity index (χ0v) is 14.1. The highest BCUT2D eigenvalue weighted by atomic mass is 32.2. The zero-order chi connectivity index (χ0) is 16.7. The molecule has 0 unspecified atom stereocenters. The highest BCUT2D eigenvalue weighted by molar-refractivity contribution is 7.99. The maximum Gasteiger partial charge on any atom is 0.251 e. The molecule has 0 aliphatic heterocycles. The van der Waals surface area contributed by atoms with Crippen molar-refractivity contribution in [3.63, 3.8) is 0 Å². The third kappa shape index (κ3) is 5.45. The van der Waals surface area contributed by atoms with E-state index in [2.05, 4.69) is 29.7 Å².